The lowest BCUT2D eigenvalue weighted by atomic mass is 10.1. The van der Waals surface area contributed by atoms with Crippen LogP contribution in [-0.2, 0) is 6.54 Å². The van der Waals surface area contributed by atoms with Crippen LogP contribution in [0.5, 0.6) is 17.2 Å². The summed E-state index contributed by atoms with van der Waals surface area (Å²) in [6.07, 6.45) is 0. The van der Waals surface area contributed by atoms with Crippen molar-refractivity contribution in [1.82, 2.24) is 4.90 Å². The van der Waals surface area contributed by atoms with Crippen LogP contribution in [0.4, 0.5) is 0 Å². The average molecular weight is 371 g/mol. The molecule has 1 N–H and O–H groups in total. The van der Waals surface area contributed by atoms with E-state index in [0.29, 0.717) is 17.2 Å². The summed E-state index contributed by atoms with van der Waals surface area (Å²) >= 11 is 0. The first-order chi connectivity index (χ1) is 13.2. The number of benzene rings is 2. The molecule has 1 fully saturated rings. The van der Waals surface area contributed by atoms with Gasteiger partial charge in [0.05, 0.1) is 53.1 Å². The Morgan fingerprint density at radius 1 is 0.926 bits per heavy atom. The SMILES string of the molecule is COc1ccc(C[NH+]2CCN(C(=O)c3ccccc3)CC2)c(OC)c1OC. The first-order valence-corrected chi connectivity index (χ1v) is 9.13. The Morgan fingerprint density at radius 3 is 2.19 bits per heavy atom. The molecule has 1 aliphatic rings. The fourth-order valence-electron chi connectivity index (χ4n) is 3.54. The zero-order chi connectivity index (χ0) is 19.2. The van der Waals surface area contributed by atoms with Crippen molar-refractivity contribution in [3.05, 3.63) is 53.6 Å². The Hall–Kier alpha value is -2.73. The van der Waals surface area contributed by atoms with Crippen LogP contribution in [0.2, 0.25) is 0 Å². The van der Waals surface area contributed by atoms with Crippen LogP contribution in [0.15, 0.2) is 42.5 Å². The number of carbonyl (C=O) groups excluding carboxylic acids is 1. The predicted molar refractivity (Wildman–Crippen MR) is 103 cm³/mol. The van der Waals surface area contributed by atoms with Gasteiger partial charge >= 0.3 is 0 Å². The number of nitrogens with zero attached hydrogens (tertiary/aromatic N) is 1. The monoisotopic (exact) mass is 371 g/mol. The molecule has 0 unspecified atom stereocenters. The molecular weight excluding hydrogens is 344 g/mol. The van der Waals surface area contributed by atoms with E-state index in [1.54, 1.807) is 21.3 Å². The van der Waals surface area contributed by atoms with Gasteiger partial charge in [-0.1, -0.05) is 18.2 Å². The number of nitrogens with one attached hydrogen (secondary N) is 1. The highest BCUT2D eigenvalue weighted by Gasteiger charge is 2.26. The van der Waals surface area contributed by atoms with Crippen molar-refractivity contribution < 1.29 is 23.9 Å². The van der Waals surface area contributed by atoms with E-state index in [-0.39, 0.29) is 5.91 Å². The molecule has 0 saturated carbocycles. The van der Waals surface area contributed by atoms with Gasteiger partial charge in [-0.3, -0.25) is 4.79 Å². The van der Waals surface area contributed by atoms with Gasteiger partial charge < -0.3 is 24.0 Å². The number of hydrogen-bond acceptors (Lipinski definition) is 4. The second kappa shape index (κ2) is 8.77. The topological polar surface area (TPSA) is 52.4 Å². The highest BCUT2D eigenvalue weighted by atomic mass is 16.5. The Morgan fingerprint density at radius 2 is 1.59 bits per heavy atom. The normalized spacial score (nSPS) is 14.7. The summed E-state index contributed by atoms with van der Waals surface area (Å²) in [6.45, 7) is 4.11. The predicted octanol–water partition coefficient (Wildman–Crippen LogP) is 1.25. The van der Waals surface area contributed by atoms with E-state index in [1.807, 2.05) is 47.4 Å². The van der Waals surface area contributed by atoms with Gasteiger partial charge in [0.15, 0.2) is 11.5 Å². The van der Waals surface area contributed by atoms with Crippen LogP contribution in [0, 0.1) is 0 Å². The molecule has 0 spiro atoms. The second-order valence-electron chi connectivity index (χ2n) is 6.58. The number of hydrogen-bond donors (Lipinski definition) is 1. The molecule has 2 aromatic carbocycles. The molecular formula is C21H27N2O4+. The van der Waals surface area contributed by atoms with Crippen molar-refractivity contribution in [1.29, 1.82) is 0 Å². The quantitative estimate of drug-likeness (QED) is 0.831. The molecule has 1 amide bonds. The number of piperazine rings is 1. The summed E-state index contributed by atoms with van der Waals surface area (Å²) in [6, 6.07) is 13.4. The molecule has 0 aromatic heterocycles. The summed E-state index contributed by atoms with van der Waals surface area (Å²) < 4.78 is 16.4. The first kappa shape index (κ1) is 19.0. The average Bonchev–Trinajstić information content (AvgIpc) is 2.73. The van der Waals surface area contributed by atoms with Crippen molar-refractivity contribution in [2.75, 3.05) is 47.5 Å². The Bertz CT molecular complexity index is 771. The maximum atomic E-state index is 12.6. The summed E-state index contributed by atoms with van der Waals surface area (Å²) in [5, 5.41) is 0. The van der Waals surface area contributed by atoms with Gasteiger partial charge in [0.1, 0.15) is 6.54 Å². The Balaban J connectivity index is 1.65. The lowest BCUT2D eigenvalue weighted by Gasteiger charge is -2.32. The minimum Gasteiger partial charge on any atom is -0.493 e. The lowest BCUT2D eigenvalue weighted by Crippen LogP contribution is -3.13. The molecule has 6 nitrogen and oxygen atoms in total. The number of ether oxygens (including phenoxy) is 3. The van der Waals surface area contributed by atoms with Gasteiger partial charge in [-0.2, -0.15) is 0 Å². The summed E-state index contributed by atoms with van der Waals surface area (Å²) in [4.78, 5) is 15.9. The zero-order valence-corrected chi connectivity index (χ0v) is 16.2. The van der Waals surface area contributed by atoms with Crippen molar-refractivity contribution in [3.8, 4) is 17.2 Å². The van der Waals surface area contributed by atoms with E-state index >= 15 is 0 Å². The molecule has 1 heterocycles. The second-order valence-corrected chi connectivity index (χ2v) is 6.58. The van der Waals surface area contributed by atoms with Gasteiger partial charge in [0, 0.05) is 5.56 Å². The van der Waals surface area contributed by atoms with Crippen molar-refractivity contribution in [2.45, 2.75) is 6.54 Å². The van der Waals surface area contributed by atoms with Crippen LogP contribution < -0.4 is 19.1 Å². The molecule has 0 aliphatic carbocycles. The summed E-state index contributed by atoms with van der Waals surface area (Å²) in [7, 11) is 4.88. The molecule has 2 aromatic rings. The Labute approximate surface area is 160 Å². The minimum atomic E-state index is 0.110. The molecule has 6 heteroatoms. The fraction of sp³-hybridized carbons (Fsp3) is 0.381. The van der Waals surface area contributed by atoms with Crippen LogP contribution >= 0.6 is 0 Å². The van der Waals surface area contributed by atoms with E-state index in [1.165, 1.54) is 4.90 Å². The molecule has 1 saturated heterocycles. The molecule has 1 aliphatic heterocycles. The van der Waals surface area contributed by atoms with Crippen LogP contribution in [0.3, 0.4) is 0 Å². The van der Waals surface area contributed by atoms with E-state index < -0.39 is 0 Å². The van der Waals surface area contributed by atoms with E-state index in [9.17, 15) is 4.79 Å². The fourth-order valence-corrected chi connectivity index (χ4v) is 3.54. The highest BCUT2D eigenvalue weighted by Crippen LogP contribution is 2.39. The van der Waals surface area contributed by atoms with Gasteiger partial charge in [-0.25, -0.2) is 0 Å². The number of rotatable bonds is 6. The molecule has 144 valence electrons. The van der Waals surface area contributed by atoms with Gasteiger partial charge in [0.25, 0.3) is 5.91 Å². The van der Waals surface area contributed by atoms with Crippen molar-refractivity contribution in [2.24, 2.45) is 0 Å². The number of quaternary nitrogens is 1. The number of amides is 1. The minimum absolute atomic E-state index is 0.110. The van der Waals surface area contributed by atoms with Crippen LogP contribution in [-0.4, -0.2) is 58.3 Å². The van der Waals surface area contributed by atoms with E-state index in [4.69, 9.17) is 14.2 Å². The zero-order valence-electron chi connectivity index (χ0n) is 16.2. The van der Waals surface area contributed by atoms with Crippen LogP contribution in [0.25, 0.3) is 0 Å². The third-order valence-electron chi connectivity index (χ3n) is 5.00. The van der Waals surface area contributed by atoms with Crippen molar-refractivity contribution in [3.63, 3.8) is 0 Å². The molecule has 0 bridgehead atoms. The Kier molecular flexibility index (Phi) is 6.19. The molecule has 0 atom stereocenters. The van der Waals surface area contributed by atoms with Crippen LogP contribution in [0.1, 0.15) is 15.9 Å². The summed E-state index contributed by atoms with van der Waals surface area (Å²) in [5.74, 6) is 2.10. The van der Waals surface area contributed by atoms with Gasteiger partial charge in [0.2, 0.25) is 5.75 Å². The third kappa shape index (κ3) is 4.17. The van der Waals surface area contributed by atoms with E-state index in [0.717, 1.165) is 43.9 Å². The van der Waals surface area contributed by atoms with E-state index in [2.05, 4.69) is 0 Å². The highest BCUT2D eigenvalue weighted by molar-refractivity contribution is 5.94. The van der Waals surface area contributed by atoms with Gasteiger partial charge in [-0.15, -0.1) is 0 Å². The maximum Gasteiger partial charge on any atom is 0.254 e. The number of carbonyl (C=O) groups is 1. The largest absolute Gasteiger partial charge is 0.493 e. The summed E-state index contributed by atoms with van der Waals surface area (Å²) in [5.41, 5.74) is 1.83. The van der Waals surface area contributed by atoms with Gasteiger partial charge in [-0.05, 0) is 24.3 Å². The smallest absolute Gasteiger partial charge is 0.254 e. The third-order valence-corrected chi connectivity index (χ3v) is 5.00. The maximum absolute atomic E-state index is 12.6. The molecule has 0 radical (unpaired) electrons. The standard InChI is InChI=1S/C21H26N2O4/c1-25-18-10-9-17(19(26-2)20(18)27-3)15-22-11-13-23(14-12-22)21(24)16-7-5-4-6-8-16/h4-10H,11-15H2,1-3H3/p+1. The lowest BCUT2D eigenvalue weighted by molar-refractivity contribution is -0.917. The molecule has 27 heavy (non-hydrogen) atoms. The molecule has 3 rings (SSSR count). The number of methoxy groups -OCH3 is 3. The first-order valence-electron chi connectivity index (χ1n) is 9.13. The van der Waals surface area contributed by atoms with Crippen molar-refractivity contribution >= 4 is 5.91 Å².